The lowest BCUT2D eigenvalue weighted by molar-refractivity contribution is -0.115. The van der Waals surface area contributed by atoms with Gasteiger partial charge in [-0.25, -0.2) is 4.98 Å². The number of rotatable bonds is 8. The molecule has 1 N–H and O–H groups in total. The molecule has 0 fully saturated rings. The average Bonchev–Trinajstić information content (AvgIpc) is 3.36. The third-order valence-electron chi connectivity index (χ3n) is 5.80. The number of nitrogens with one attached hydrogen (secondary N) is 1. The van der Waals surface area contributed by atoms with Gasteiger partial charge in [0.2, 0.25) is 5.91 Å². The fraction of sp³-hybridized carbons (Fsp3) is 0.259. The highest BCUT2D eigenvalue weighted by molar-refractivity contribution is 7.10. The maximum Gasteiger partial charge on any atom is 0.231 e. The lowest BCUT2D eigenvalue weighted by atomic mass is 10.1. The zero-order valence-corrected chi connectivity index (χ0v) is 20.3. The summed E-state index contributed by atoms with van der Waals surface area (Å²) in [4.78, 5) is 17.2. The van der Waals surface area contributed by atoms with Crippen molar-refractivity contribution in [3.8, 4) is 17.0 Å². The summed E-state index contributed by atoms with van der Waals surface area (Å²) in [5.74, 6) is 0.827. The van der Waals surface area contributed by atoms with E-state index in [-0.39, 0.29) is 12.3 Å². The second kappa shape index (κ2) is 10.0. The molecular formula is C27H29N3O2S. The van der Waals surface area contributed by atoms with Crippen LogP contribution in [-0.2, 0) is 24.2 Å². The van der Waals surface area contributed by atoms with Gasteiger partial charge in [-0.2, -0.15) is 0 Å². The molecule has 0 aliphatic carbocycles. The van der Waals surface area contributed by atoms with E-state index in [1.807, 2.05) is 48.7 Å². The van der Waals surface area contributed by atoms with Gasteiger partial charge in [-0.05, 0) is 68.7 Å². The zero-order chi connectivity index (χ0) is 23.4. The highest BCUT2D eigenvalue weighted by atomic mass is 32.1. The van der Waals surface area contributed by atoms with Gasteiger partial charge >= 0.3 is 0 Å². The minimum absolute atomic E-state index is 0.0496. The molecule has 0 saturated heterocycles. The molecule has 0 aliphatic heterocycles. The van der Waals surface area contributed by atoms with Crippen LogP contribution in [0.3, 0.4) is 0 Å². The van der Waals surface area contributed by atoms with Crippen LogP contribution < -0.4 is 10.1 Å². The van der Waals surface area contributed by atoms with Gasteiger partial charge in [-0.3, -0.25) is 4.79 Å². The molecule has 0 aliphatic rings. The Labute approximate surface area is 199 Å². The first-order valence-corrected chi connectivity index (χ1v) is 11.9. The number of benzene rings is 2. The molecule has 2 aromatic carbocycles. The molecular weight excluding hydrogens is 430 g/mol. The van der Waals surface area contributed by atoms with Crippen LogP contribution >= 0.6 is 11.3 Å². The van der Waals surface area contributed by atoms with Gasteiger partial charge in [-0.15, -0.1) is 11.3 Å². The molecule has 170 valence electrons. The van der Waals surface area contributed by atoms with E-state index in [9.17, 15) is 4.79 Å². The number of hydrogen-bond acceptors (Lipinski definition) is 4. The van der Waals surface area contributed by atoms with Gasteiger partial charge in [0.1, 0.15) is 10.8 Å². The number of carbonyl (C=O) groups excluding carboxylic acids is 1. The van der Waals surface area contributed by atoms with E-state index in [1.54, 1.807) is 7.11 Å². The number of amides is 1. The molecule has 0 atom stereocenters. The summed E-state index contributed by atoms with van der Waals surface area (Å²) >= 11 is 1.53. The van der Waals surface area contributed by atoms with Crippen molar-refractivity contribution in [1.82, 2.24) is 9.55 Å². The maximum absolute atomic E-state index is 12.5. The topological polar surface area (TPSA) is 56.1 Å². The van der Waals surface area contributed by atoms with E-state index in [0.717, 1.165) is 46.2 Å². The maximum atomic E-state index is 12.5. The molecule has 4 rings (SSSR count). The third-order valence-corrected chi connectivity index (χ3v) is 6.65. The Morgan fingerprint density at radius 2 is 1.88 bits per heavy atom. The van der Waals surface area contributed by atoms with Crippen LogP contribution in [0.25, 0.3) is 11.3 Å². The van der Waals surface area contributed by atoms with E-state index in [4.69, 9.17) is 9.72 Å². The van der Waals surface area contributed by atoms with Crippen molar-refractivity contribution in [2.24, 2.45) is 0 Å². The molecule has 0 radical (unpaired) electrons. The van der Waals surface area contributed by atoms with Crippen molar-refractivity contribution in [3.05, 3.63) is 87.5 Å². The first-order chi connectivity index (χ1) is 15.9. The monoisotopic (exact) mass is 459 g/mol. The molecule has 2 aromatic heterocycles. The van der Waals surface area contributed by atoms with E-state index in [1.165, 1.54) is 28.3 Å². The SMILES string of the molecule is COc1ccc(CCn2c(C)cc(-c3csc(CC(=O)Nc4cccc(C)c4)n3)c2C)cc1. The summed E-state index contributed by atoms with van der Waals surface area (Å²) in [6.07, 6.45) is 1.22. The summed E-state index contributed by atoms with van der Waals surface area (Å²) in [5.41, 5.74) is 7.68. The molecule has 1 amide bonds. The molecule has 0 spiro atoms. The minimum Gasteiger partial charge on any atom is -0.497 e. The molecule has 6 heteroatoms. The first kappa shape index (κ1) is 22.8. The Morgan fingerprint density at radius 1 is 1.09 bits per heavy atom. The van der Waals surface area contributed by atoms with Crippen LogP contribution in [0.4, 0.5) is 5.69 Å². The predicted octanol–water partition coefficient (Wildman–Crippen LogP) is 5.97. The molecule has 0 unspecified atom stereocenters. The molecule has 0 saturated carbocycles. The fourth-order valence-corrected chi connectivity index (χ4v) is 4.81. The first-order valence-electron chi connectivity index (χ1n) is 11.0. The third kappa shape index (κ3) is 5.52. The van der Waals surface area contributed by atoms with Crippen LogP contribution in [0, 0.1) is 20.8 Å². The average molecular weight is 460 g/mol. The standard InChI is InChI=1S/C27H29N3O2S/c1-18-6-5-7-22(14-18)28-26(31)16-27-29-25(17-33-27)24-15-19(2)30(20(24)3)13-12-21-8-10-23(32-4)11-9-21/h5-11,14-15,17H,12-13,16H2,1-4H3,(H,28,31). The quantitative estimate of drug-likeness (QED) is 0.353. The highest BCUT2D eigenvalue weighted by Gasteiger charge is 2.15. The van der Waals surface area contributed by atoms with Gasteiger partial charge in [0.15, 0.2) is 0 Å². The fourth-order valence-electron chi connectivity index (χ4n) is 4.02. The van der Waals surface area contributed by atoms with Gasteiger partial charge in [0.05, 0.1) is 19.2 Å². The van der Waals surface area contributed by atoms with Gasteiger partial charge in [0, 0.05) is 34.6 Å². The number of carbonyl (C=O) groups is 1. The number of ether oxygens (including phenoxy) is 1. The van der Waals surface area contributed by atoms with Crippen molar-refractivity contribution in [3.63, 3.8) is 0 Å². The molecule has 33 heavy (non-hydrogen) atoms. The summed E-state index contributed by atoms with van der Waals surface area (Å²) in [5, 5.41) is 5.82. The molecule has 2 heterocycles. The molecule has 0 bridgehead atoms. The van der Waals surface area contributed by atoms with Crippen LogP contribution in [0.5, 0.6) is 5.75 Å². The van der Waals surface area contributed by atoms with Gasteiger partial charge in [-0.1, -0.05) is 24.3 Å². The number of thiazole rings is 1. The summed E-state index contributed by atoms with van der Waals surface area (Å²) in [6, 6.07) is 18.2. The van der Waals surface area contributed by atoms with Crippen molar-refractivity contribution < 1.29 is 9.53 Å². The highest BCUT2D eigenvalue weighted by Crippen LogP contribution is 2.29. The van der Waals surface area contributed by atoms with Crippen molar-refractivity contribution >= 4 is 22.9 Å². The second-order valence-electron chi connectivity index (χ2n) is 8.26. The number of nitrogens with zero attached hydrogens (tertiary/aromatic N) is 2. The smallest absolute Gasteiger partial charge is 0.231 e. The summed E-state index contributed by atoms with van der Waals surface area (Å²) in [7, 11) is 1.68. The number of aryl methyl sites for hydroxylation is 3. The van der Waals surface area contributed by atoms with Crippen LogP contribution in [0.15, 0.2) is 60.0 Å². The van der Waals surface area contributed by atoms with Crippen LogP contribution in [0.1, 0.15) is 27.5 Å². The molecule has 4 aromatic rings. The number of methoxy groups -OCH3 is 1. The Hall–Kier alpha value is -3.38. The van der Waals surface area contributed by atoms with Gasteiger partial charge in [0.25, 0.3) is 0 Å². The van der Waals surface area contributed by atoms with E-state index >= 15 is 0 Å². The largest absolute Gasteiger partial charge is 0.497 e. The van der Waals surface area contributed by atoms with Gasteiger partial charge < -0.3 is 14.6 Å². The molecule has 5 nitrogen and oxygen atoms in total. The Kier molecular flexibility index (Phi) is 6.94. The lowest BCUT2D eigenvalue weighted by Crippen LogP contribution is -2.14. The lowest BCUT2D eigenvalue weighted by Gasteiger charge is -2.10. The Morgan fingerprint density at radius 3 is 2.61 bits per heavy atom. The zero-order valence-electron chi connectivity index (χ0n) is 19.5. The van der Waals surface area contributed by atoms with E-state index < -0.39 is 0 Å². The second-order valence-corrected chi connectivity index (χ2v) is 9.20. The summed E-state index contributed by atoms with van der Waals surface area (Å²) in [6.45, 7) is 7.18. The summed E-state index contributed by atoms with van der Waals surface area (Å²) < 4.78 is 7.58. The number of anilines is 1. The minimum atomic E-state index is -0.0496. The normalized spacial score (nSPS) is 10.9. The predicted molar refractivity (Wildman–Crippen MR) is 135 cm³/mol. The van der Waals surface area contributed by atoms with Crippen LogP contribution in [0.2, 0.25) is 0 Å². The Balaban J connectivity index is 1.42. The number of hydrogen-bond donors (Lipinski definition) is 1. The van der Waals surface area contributed by atoms with Crippen molar-refractivity contribution in [2.75, 3.05) is 12.4 Å². The van der Waals surface area contributed by atoms with Crippen LogP contribution in [-0.4, -0.2) is 22.6 Å². The number of aromatic nitrogens is 2. The van der Waals surface area contributed by atoms with E-state index in [0.29, 0.717) is 0 Å². The Bertz CT molecular complexity index is 1250. The van der Waals surface area contributed by atoms with Crippen molar-refractivity contribution in [1.29, 1.82) is 0 Å². The van der Waals surface area contributed by atoms with Crippen molar-refractivity contribution in [2.45, 2.75) is 40.2 Å². The van der Waals surface area contributed by atoms with E-state index in [2.05, 4.69) is 41.9 Å².